The van der Waals surface area contributed by atoms with Gasteiger partial charge in [0.05, 0.1) is 24.5 Å². The molecule has 1 N–H and O–H groups in total. The van der Waals surface area contributed by atoms with E-state index in [1.54, 1.807) is 6.20 Å². The van der Waals surface area contributed by atoms with E-state index in [0.717, 1.165) is 38.2 Å². The summed E-state index contributed by atoms with van der Waals surface area (Å²) in [4.78, 5) is 14.4. The van der Waals surface area contributed by atoms with Crippen LogP contribution in [-0.2, 0) is 11.3 Å². The number of likely N-dealkylation sites (tertiary alicyclic amines) is 1. The molecule has 1 aromatic carbocycles. The molecule has 26 heavy (non-hydrogen) atoms. The summed E-state index contributed by atoms with van der Waals surface area (Å²) in [7, 11) is 0. The highest BCUT2D eigenvalue weighted by molar-refractivity contribution is 5.89. The first kappa shape index (κ1) is 17.1. The van der Waals surface area contributed by atoms with Gasteiger partial charge in [-0.15, -0.1) is 0 Å². The van der Waals surface area contributed by atoms with E-state index in [0.29, 0.717) is 18.6 Å². The van der Waals surface area contributed by atoms with Crippen LogP contribution in [0.1, 0.15) is 31.2 Å². The molecule has 1 unspecified atom stereocenters. The highest BCUT2D eigenvalue weighted by atomic mass is 16.5. The maximum absolute atomic E-state index is 12.5. The van der Waals surface area contributed by atoms with Gasteiger partial charge < -0.3 is 15.0 Å². The van der Waals surface area contributed by atoms with Crippen molar-refractivity contribution in [3.63, 3.8) is 0 Å². The average Bonchev–Trinajstić information content (AvgIpc) is 3.35. The molecule has 1 aromatic heterocycles. The minimum absolute atomic E-state index is 0.0324. The lowest BCUT2D eigenvalue weighted by molar-refractivity contribution is 0.0382. The number of nitrogens with zero attached hydrogens (tertiary/aromatic N) is 3. The topological polar surface area (TPSA) is 59.4 Å². The van der Waals surface area contributed by atoms with Gasteiger partial charge in [-0.2, -0.15) is 5.10 Å². The summed E-state index contributed by atoms with van der Waals surface area (Å²) >= 11 is 0. The lowest BCUT2D eigenvalue weighted by Crippen LogP contribution is -2.43. The summed E-state index contributed by atoms with van der Waals surface area (Å²) in [5.74, 6) is 0.607. The summed E-state index contributed by atoms with van der Waals surface area (Å²) in [6.45, 7) is 3.20. The number of amides is 2. The fraction of sp³-hybridized carbons (Fsp3) is 0.500. The Morgan fingerprint density at radius 3 is 2.73 bits per heavy atom. The molecular weight excluding hydrogens is 328 g/mol. The minimum atomic E-state index is -0.0324. The number of aromatic nitrogens is 2. The molecule has 6 heteroatoms. The molecule has 0 saturated carbocycles. The first-order chi connectivity index (χ1) is 12.8. The van der Waals surface area contributed by atoms with Gasteiger partial charge in [0.25, 0.3) is 0 Å². The Hall–Kier alpha value is -2.34. The van der Waals surface area contributed by atoms with Gasteiger partial charge in [-0.25, -0.2) is 4.79 Å². The maximum atomic E-state index is 12.5. The largest absolute Gasteiger partial charge is 0.378 e. The molecule has 2 aromatic rings. The molecule has 0 bridgehead atoms. The molecule has 1 atom stereocenters. The van der Waals surface area contributed by atoms with E-state index in [1.807, 2.05) is 34.0 Å². The van der Waals surface area contributed by atoms with Gasteiger partial charge in [-0.3, -0.25) is 4.68 Å². The molecular formula is C20H26N4O2. The van der Waals surface area contributed by atoms with Crippen molar-refractivity contribution in [3.05, 3.63) is 48.3 Å². The van der Waals surface area contributed by atoms with Gasteiger partial charge in [-0.05, 0) is 37.2 Å². The summed E-state index contributed by atoms with van der Waals surface area (Å²) in [5, 5.41) is 7.32. The Morgan fingerprint density at radius 2 is 2.00 bits per heavy atom. The fourth-order valence-corrected chi connectivity index (χ4v) is 3.94. The molecule has 4 rings (SSSR count). The Labute approximate surface area is 154 Å². The van der Waals surface area contributed by atoms with Crippen LogP contribution in [-0.4, -0.2) is 46.5 Å². The molecule has 2 amide bonds. The Morgan fingerprint density at radius 1 is 1.19 bits per heavy atom. The number of piperidine rings is 1. The van der Waals surface area contributed by atoms with Gasteiger partial charge in [0.1, 0.15) is 0 Å². The third-order valence-electron chi connectivity index (χ3n) is 5.39. The van der Waals surface area contributed by atoms with Crippen molar-refractivity contribution in [2.24, 2.45) is 5.92 Å². The molecule has 3 heterocycles. The number of anilines is 1. The van der Waals surface area contributed by atoms with Gasteiger partial charge >= 0.3 is 6.03 Å². The number of hydrogen-bond acceptors (Lipinski definition) is 3. The first-order valence-corrected chi connectivity index (χ1v) is 9.52. The third kappa shape index (κ3) is 4.07. The number of benzene rings is 1. The van der Waals surface area contributed by atoms with Crippen LogP contribution in [0.3, 0.4) is 0 Å². The van der Waals surface area contributed by atoms with Crippen molar-refractivity contribution in [3.8, 4) is 0 Å². The minimum Gasteiger partial charge on any atom is -0.378 e. The van der Waals surface area contributed by atoms with Crippen molar-refractivity contribution in [2.45, 2.75) is 38.3 Å². The fourth-order valence-electron chi connectivity index (χ4n) is 3.94. The second kappa shape index (κ2) is 7.91. The highest BCUT2D eigenvalue weighted by Gasteiger charge is 2.30. The van der Waals surface area contributed by atoms with Crippen LogP contribution >= 0.6 is 0 Å². The lowest BCUT2D eigenvalue weighted by Gasteiger charge is -2.34. The molecule has 0 spiro atoms. The van der Waals surface area contributed by atoms with Crippen LogP contribution in [0.4, 0.5) is 10.5 Å². The number of rotatable bonds is 4. The molecule has 2 aliphatic rings. The predicted octanol–water partition coefficient (Wildman–Crippen LogP) is 3.35. The number of urea groups is 1. The number of hydrogen-bond donors (Lipinski definition) is 1. The quantitative estimate of drug-likeness (QED) is 0.916. The molecule has 0 radical (unpaired) electrons. The predicted molar refractivity (Wildman–Crippen MR) is 100 cm³/mol. The summed E-state index contributed by atoms with van der Waals surface area (Å²) in [5.41, 5.74) is 1.93. The zero-order valence-corrected chi connectivity index (χ0v) is 15.0. The zero-order valence-electron chi connectivity index (χ0n) is 15.0. The highest BCUT2D eigenvalue weighted by Crippen LogP contribution is 2.29. The smallest absolute Gasteiger partial charge is 0.321 e. The van der Waals surface area contributed by atoms with E-state index in [4.69, 9.17) is 4.74 Å². The molecule has 0 aliphatic carbocycles. The van der Waals surface area contributed by atoms with E-state index in [9.17, 15) is 4.79 Å². The monoisotopic (exact) mass is 354 g/mol. The van der Waals surface area contributed by atoms with Crippen LogP contribution in [0.2, 0.25) is 0 Å². The van der Waals surface area contributed by atoms with Gasteiger partial charge in [-0.1, -0.05) is 30.3 Å². The van der Waals surface area contributed by atoms with Crippen molar-refractivity contribution < 1.29 is 9.53 Å². The SMILES string of the molecule is O=C(Nc1cnn(Cc2ccccc2)c1)N1CCC(C2CCCO2)CC1. The number of carbonyl (C=O) groups excluding carboxylic acids is 1. The summed E-state index contributed by atoms with van der Waals surface area (Å²) < 4.78 is 7.65. The van der Waals surface area contributed by atoms with Crippen LogP contribution in [0.5, 0.6) is 0 Å². The molecule has 6 nitrogen and oxygen atoms in total. The zero-order chi connectivity index (χ0) is 17.8. The normalized spacial score (nSPS) is 21.1. The van der Waals surface area contributed by atoms with E-state index in [-0.39, 0.29) is 6.03 Å². The van der Waals surface area contributed by atoms with E-state index in [2.05, 4.69) is 22.5 Å². The van der Waals surface area contributed by atoms with Crippen LogP contribution < -0.4 is 5.32 Å². The Balaban J connectivity index is 1.27. The molecule has 2 saturated heterocycles. The average molecular weight is 354 g/mol. The van der Waals surface area contributed by atoms with Gasteiger partial charge in [0, 0.05) is 25.9 Å². The second-order valence-corrected chi connectivity index (χ2v) is 7.22. The maximum Gasteiger partial charge on any atom is 0.321 e. The molecule has 138 valence electrons. The third-order valence-corrected chi connectivity index (χ3v) is 5.39. The molecule has 2 aliphatic heterocycles. The van der Waals surface area contributed by atoms with Crippen molar-refractivity contribution in [2.75, 3.05) is 25.0 Å². The van der Waals surface area contributed by atoms with E-state index >= 15 is 0 Å². The van der Waals surface area contributed by atoms with Gasteiger partial charge in [0.15, 0.2) is 0 Å². The summed E-state index contributed by atoms with van der Waals surface area (Å²) in [6.07, 6.45) is 8.42. The van der Waals surface area contributed by atoms with Crippen LogP contribution in [0, 0.1) is 5.92 Å². The van der Waals surface area contributed by atoms with E-state index in [1.165, 1.54) is 18.4 Å². The summed E-state index contributed by atoms with van der Waals surface area (Å²) in [6, 6.07) is 10.1. The standard InChI is InChI=1S/C20H26N4O2/c25-20(23-10-8-17(9-11-23)19-7-4-12-26-19)22-18-13-21-24(15-18)14-16-5-2-1-3-6-16/h1-3,5-6,13,15,17,19H,4,7-12,14H2,(H,22,25). The molecule has 2 fully saturated rings. The van der Waals surface area contributed by atoms with Crippen LogP contribution in [0.25, 0.3) is 0 Å². The number of carbonyl (C=O) groups is 1. The lowest BCUT2D eigenvalue weighted by atomic mass is 9.90. The van der Waals surface area contributed by atoms with Crippen molar-refractivity contribution in [1.82, 2.24) is 14.7 Å². The van der Waals surface area contributed by atoms with Crippen molar-refractivity contribution in [1.29, 1.82) is 0 Å². The first-order valence-electron chi connectivity index (χ1n) is 9.52. The van der Waals surface area contributed by atoms with E-state index < -0.39 is 0 Å². The number of ether oxygens (including phenoxy) is 1. The second-order valence-electron chi connectivity index (χ2n) is 7.22. The number of nitrogens with one attached hydrogen (secondary N) is 1. The Bertz CT molecular complexity index is 716. The Kier molecular flexibility index (Phi) is 5.20. The van der Waals surface area contributed by atoms with Crippen LogP contribution in [0.15, 0.2) is 42.7 Å². The van der Waals surface area contributed by atoms with Crippen molar-refractivity contribution >= 4 is 11.7 Å². The van der Waals surface area contributed by atoms with Gasteiger partial charge in [0.2, 0.25) is 0 Å².